The summed E-state index contributed by atoms with van der Waals surface area (Å²) in [4.78, 5) is 12.4. The first-order valence-electron chi connectivity index (χ1n) is 8.46. The molecule has 0 aliphatic rings. The fourth-order valence-corrected chi connectivity index (χ4v) is 3.80. The van der Waals surface area contributed by atoms with Crippen molar-refractivity contribution in [2.75, 3.05) is 11.8 Å². The van der Waals surface area contributed by atoms with E-state index in [-0.39, 0.29) is 17.0 Å². The van der Waals surface area contributed by atoms with Gasteiger partial charge in [-0.25, -0.2) is 8.42 Å². The maximum atomic E-state index is 12.7. The Balaban J connectivity index is 1.78. The molecular weight excluding hydrogens is 414 g/mol. The number of carbonyl (C=O) groups is 1. The van der Waals surface area contributed by atoms with Crippen LogP contribution >= 0.6 is 12.2 Å². The SMILES string of the molecule is COc1ccccc1NS(=O)(=O)c1cccc(C(=O)NCc2n[nH]c(=S)n2C)c1. The lowest BCUT2D eigenvalue weighted by molar-refractivity contribution is 0.0949. The van der Waals surface area contributed by atoms with Gasteiger partial charge in [0.25, 0.3) is 15.9 Å². The molecule has 1 amide bonds. The number of anilines is 1. The maximum absolute atomic E-state index is 12.7. The van der Waals surface area contributed by atoms with Crippen LogP contribution in [0, 0.1) is 4.77 Å². The van der Waals surface area contributed by atoms with E-state index >= 15 is 0 Å². The molecule has 11 heteroatoms. The molecule has 152 valence electrons. The minimum atomic E-state index is -3.92. The molecule has 0 aliphatic carbocycles. The van der Waals surface area contributed by atoms with Crippen LogP contribution in [-0.4, -0.2) is 36.2 Å². The van der Waals surface area contributed by atoms with Crippen molar-refractivity contribution in [1.29, 1.82) is 0 Å². The van der Waals surface area contributed by atoms with Crippen LogP contribution in [0.5, 0.6) is 5.75 Å². The van der Waals surface area contributed by atoms with Crippen molar-refractivity contribution in [3.63, 3.8) is 0 Å². The van der Waals surface area contributed by atoms with Crippen molar-refractivity contribution in [3.8, 4) is 5.75 Å². The lowest BCUT2D eigenvalue weighted by Crippen LogP contribution is -2.25. The number of methoxy groups -OCH3 is 1. The Labute approximate surface area is 172 Å². The van der Waals surface area contributed by atoms with Gasteiger partial charge in [-0.15, -0.1) is 0 Å². The van der Waals surface area contributed by atoms with E-state index in [4.69, 9.17) is 17.0 Å². The number of H-pyrrole nitrogens is 1. The van der Waals surface area contributed by atoms with Crippen molar-refractivity contribution in [1.82, 2.24) is 20.1 Å². The number of nitrogens with one attached hydrogen (secondary N) is 3. The molecule has 1 aromatic heterocycles. The normalized spacial score (nSPS) is 11.1. The van der Waals surface area contributed by atoms with Crippen molar-refractivity contribution in [2.24, 2.45) is 7.05 Å². The number of aromatic amines is 1. The molecule has 1 heterocycles. The number of amides is 1. The van der Waals surface area contributed by atoms with Gasteiger partial charge in [-0.2, -0.15) is 5.10 Å². The Morgan fingerprint density at radius 1 is 1.24 bits per heavy atom. The van der Waals surface area contributed by atoms with Crippen molar-refractivity contribution < 1.29 is 17.9 Å². The number of nitrogens with zero attached hydrogens (tertiary/aromatic N) is 2. The van der Waals surface area contributed by atoms with Crippen LogP contribution in [0.4, 0.5) is 5.69 Å². The van der Waals surface area contributed by atoms with E-state index < -0.39 is 15.9 Å². The Kier molecular flexibility index (Phi) is 5.99. The van der Waals surface area contributed by atoms with Gasteiger partial charge in [-0.3, -0.25) is 14.6 Å². The van der Waals surface area contributed by atoms with Gasteiger partial charge in [0, 0.05) is 12.6 Å². The highest BCUT2D eigenvalue weighted by molar-refractivity contribution is 7.92. The molecule has 0 aliphatic heterocycles. The van der Waals surface area contributed by atoms with E-state index in [0.29, 0.717) is 22.0 Å². The smallest absolute Gasteiger partial charge is 0.262 e. The second-order valence-electron chi connectivity index (χ2n) is 6.02. The second kappa shape index (κ2) is 8.45. The zero-order valence-electron chi connectivity index (χ0n) is 15.7. The predicted molar refractivity (Wildman–Crippen MR) is 110 cm³/mol. The average molecular weight is 434 g/mol. The van der Waals surface area contributed by atoms with E-state index in [1.165, 1.54) is 31.4 Å². The minimum Gasteiger partial charge on any atom is -0.495 e. The van der Waals surface area contributed by atoms with Crippen LogP contribution in [-0.2, 0) is 23.6 Å². The van der Waals surface area contributed by atoms with Gasteiger partial charge < -0.3 is 14.6 Å². The molecule has 0 spiro atoms. The van der Waals surface area contributed by atoms with Gasteiger partial charge >= 0.3 is 0 Å². The van der Waals surface area contributed by atoms with Gasteiger partial charge in [-0.05, 0) is 42.5 Å². The molecule has 3 aromatic rings. The second-order valence-corrected chi connectivity index (χ2v) is 8.09. The minimum absolute atomic E-state index is 0.0470. The zero-order chi connectivity index (χ0) is 21.0. The lowest BCUT2D eigenvalue weighted by atomic mass is 10.2. The number of ether oxygens (including phenoxy) is 1. The van der Waals surface area contributed by atoms with Gasteiger partial charge in [0.2, 0.25) is 0 Å². The summed E-state index contributed by atoms with van der Waals surface area (Å²) in [5.74, 6) is 0.496. The summed E-state index contributed by atoms with van der Waals surface area (Å²) in [6, 6.07) is 12.4. The number of sulfonamides is 1. The topological polar surface area (TPSA) is 118 Å². The van der Waals surface area contributed by atoms with E-state index in [2.05, 4.69) is 20.2 Å². The number of benzene rings is 2. The predicted octanol–water partition coefficient (Wildman–Crippen LogP) is 2.22. The molecule has 0 bridgehead atoms. The fourth-order valence-electron chi connectivity index (χ4n) is 2.54. The summed E-state index contributed by atoms with van der Waals surface area (Å²) < 4.78 is 35.2. The number of carbonyl (C=O) groups excluding carboxylic acids is 1. The third-order valence-corrected chi connectivity index (χ3v) is 5.87. The van der Waals surface area contributed by atoms with Crippen LogP contribution in [0.25, 0.3) is 0 Å². The molecule has 29 heavy (non-hydrogen) atoms. The average Bonchev–Trinajstić information content (AvgIpc) is 3.04. The Morgan fingerprint density at radius 3 is 2.69 bits per heavy atom. The summed E-state index contributed by atoms with van der Waals surface area (Å²) >= 11 is 5.03. The third-order valence-electron chi connectivity index (χ3n) is 4.14. The Morgan fingerprint density at radius 2 is 2.00 bits per heavy atom. The van der Waals surface area contributed by atoms with Gasteiger partial charge in [0.15, 0.2) is 10.6 Å². The Bertz CT molecular complexity index is 1200. The standard InChI is InChI=1S/C18H19N5O4S2/c1-23-16(20-21-18(23)28)11-19-17(24)12-6-5-7-13(10-12)29(25,26)22-14-8-3-4-9-15(14)27-2/h3-10,22H,11H2,1-2H3,(H,19,24)(H,21,28). The van der Waals surface area contributed by atoms with Crippen molar-refractivity contribution in [2.45, 2.75) is 11.4 Å². The zero-order valence-corrected chi connectivity index (χ0v) is 17.3. The molecule has 0 saturated heterocycles. The van der Waals surface area contributed by atoms with E-state index in [1.54, 1.807) is 35.9 Å². The highest BCUT2D eigenvalue weighted by Gasteiger charge is 2.18. The molecule has 0 saturated carbocycles. The molecule has 3 N–H and O–H groups in total. The fraction of sp³-hybridized carbons (Fsp3) is 0.167. The molecule has 3 rings (SSSR count). The van der Waals surface area contributed by atoms with Crippen LogP contribution in [0.2, 0.25) is 0 Å². The quantitative estimate of drug-likeness (QED) is 0.492. The maximum Gasteiger partial charge on any atom is 0.262 e. The largest absolute Gasteiger partial charge is 0.495 e. The Hall–Kier alpha value is -3.18. The first-order valence-corrected chi connectivity index (χ1v) is 10.4. The number of para-hydroxylation sites is 2. The van der Waals surface area contributed by atoms with Crippen molar-refractivity contribution in [3.05, 3.63) is 64.7 Å². The number of rotatable bonds is 7. The van der Waals surface area contributed by atoms with E-state index in [1.807, 2.05) is 0 Å². The van der Waals surface area contributed by atoms with Crippen molar-refractivity contribution >= 4 is 33.8 Å². The first-order chi connectivity index (χ1) is 13.8. The van der Waals surface area contributed by atoms with Crippen LogP contribution in [0.15, 0.2) is 53.4 Å². The summed E-state index contributed by atoms with van der Waals surface area (Å²) in [7, 11) is -0.741. The lowest BCUT2D eigenvalue weighted by Gasteiger charge is -2.12. The first kappa shape index (κ1) is 20.6. The summed E-state index contributed by atoms with van der Waals surface area (Å²) in [6.07, 6.45) is 0. The van der Waals surface area contributed by atoms with Gasteiger partial charge in [-0.1, -0.05) is 18.2 Å². The van der Waals surface area contributed by atoms with Crippen LogP contribution < -0.4 is 14.8 Å². The molecule has 9 nitrogen and oxygen atoms in total. The molecule has 2 aromatic carbocycles. The molecule has 0 atom stereocenters. The molecule has 0 fully saturated rings. The summed E-state index contributed by atoms with van der Waals surface area (Å²) in [5.41, 5.74) is 0.500. The molecular formula is C18H19N5O4S2. The number of hydrogen-bond donors (Lipinski definition) is 3. The molecule has 0 radical (unpaired) electrons. The van der Waals surface area contributed by atoms with E-state index in [9.17, 15) is 13.2 Å². The monoisotopic (exact) mass is 433 g/mol. The van der Waals surface area contributed by atoms with Crippen LogP contribution in [0.3, 0.4) is 0 Å². The number of aromatic nitrogens is 3. The van der Waals surface area contributed by atoms with Crippen LogP contribution in [0.1, 0.15) is 16.2 Å². The summed E-state index contributed by atoms with van der Waals surface area (Å²) in [5, 5.41) is 9.34. The van der Waals surface area contributed by atoms with Gasteiger partial charge in [0.05, 0.1) is 24.2 Å². The third kappa shape index (κ3) is 4.63. The highest BCUT2D eigenvalue weighted by atomic mass is 32.2. The summed E-state index contributed by atoms with van der Waals surface area (Å²) in [6.45, 7) is 0.138. The van der Waals surface area contributed by atoms with E-state index in [0.717, 1.165) is 0 Å². The molecule has 0 unspecified atom stereocenters. The highest BCUT2D eigenvalue weighted by Crippen LogP contribution is 2.26. The number of hydrogen-bond acceptors (Lipinski definition) is 6. The van der Waals surface area contributed by atoms with Gasteiger partial charge in [0.1, 0.15) is 5.75 Å².